The van der Waals surface area contributed by atoms with Crippen molar-refractivity contribution in [3.05, 3.63) is 18.0 Å². The molecule has 0 saturated heterocycles. The zero-order valence-electron chi connectivity index (χ0n) is 12.0. The summed E-state index contributed by atoms with van der Waals surface area (Å²) in [5.74, 6) is 6.37. The van der Waals surface area contributed by atoms with Crippen LogP contribution >= 0.6 is 0 Å². The summed E-state index contributed by atoms with van der Waals surface area (Å²) in [4.78, 5) is 0. The van der Waals surface area contributed by atoms with Crippen molar-refractivity contribution in [2.45, 2.75) is 65.5 Å². The van der Waals surface area contributed by atoms with Gasteiger partial charge in [-0.25, -0.2) is 0 Å². The molecule has 0 aliphatic heterocycles. The highest BCUT2D eigenvalue weighted by Gasteiger charge is 2.23. The SMILES string of the molecule is CCCCC(CC)C(NN)c1ccnn1CCC. The van der Waals surface area contributed by atoms with Gasteiger partial charge in [0.1, 0.15) is 0 Å². The lowest BCUT2D eigenvalue weighted by Gasteiger charge is -2.26. The Labute approximate surface area is 111 Å². The molecule has 18 heavy (non-hydrogen) atoms. The van der Waals surface area contributed by atoms with Crippen molar-refractivity contribution in [3.8, 4) is 0 Å². The molecule has 0 aromatic carbocycles. The van der Waals surface area contributed by atoms with E-state index in [-0.39, 0.29) is 6.04 Å². The molecule has 0 spiro atoms. The Morgan fingerprint density at radius 2 is 2.11 bits per heavy atom. The first-order valence-corrected chi connectivity index (χ1v) is 7.26. The molecule has 1 rings (SSSR count). The molecule has 104 valence electrons. The Morgan fingerprint density at radius 1 is 1.33 bits per heavy atom. The number of hydrogen-bond acceptors (Lipinski definition) is 3. The van der Waals surface area contributed by atoms with E-state index in [1.807, 2.05) is 6.20 Å². The number of unbranched alkanes of at least 4 members (excludes halogenated alkanes) is 1. The molecule has 0 fully saturated rings. The van der Waals surface area contributed by atoms with Gasteiger partial charge in [0, 0.05) is 12.7 Å². The van der Waals surface area contributed by atoms with Gasteiger partial charge in [-0.15, -0.1) is 0 Å². The van der Waals surface area contributed by atoms with Crippen LogP contribution in [0.15, 0.2) is 12.3 Å². The molecule has 0 aliphatic rings. The molecule has 1 aromatic heterocycles. The molecule has 1 aromatic rings. The van der Waals surface area contributed by atoms with Crippen LogP contribution in [-0.4, -0.2) is 9.78 Å². The Hall–Kier alpha value is -0.870. The average molecular weight is 252 g/mol. The summed E-state index contributed by atoms with van der Waals surface area (Å²) < 4.78 is 2.08. The first kappa shape index (κ1) is 15.2. The predicted molar refractivity (Wildman–Crippen MR) is 75.9 cm³/mol. The van der Waals surface area contributed by atoms with Gasteiger partial charge in [0.05, 0.1) is 11.7 Å². The summed E-state index contributed by atoms with van der Waals surface area (Å²) in [7, 11) is 0. The zero-order chi connectivity index (χ0) is 13.4. The number of aromatic nitrogens is 2. The monoisotopic (exact) mass is 252 g/mol. The molecule has 0 radical (unpaired) electrons. The van der Waals surface area contributed by atoms with E-state index in [1.165, 1.54) is 25.0 Å². The molecule has 2 unspecified atom stereocenters. The predicted octanol–water partition coefficient (Wildman–Crippen LogP) is 3.01. The molecule has 4 nitrogen and oxygen atoms in total. The van der Waals surface area contributed by atoms with Gasteiger partial charge >= 0.3 is 0 Å². The fourth-order valence-electron chi connectivity index (χ4n) is 2.54. The van der Waals surface area contributed by atoms with E-state index in [2.05, 4.69) is 42.0 Å². The van der Waals surface area contributed by atoms with Crippen LogP contribution in [0.4, 0.5) is 0 Å². The smallest absolute Gasteiger partial charge is 0.0657 e. The first-order chi connectivity index (χ1) is 8.78. The van der Waals surface area contributed by atoms with Crippen LogP contribution in [0.1, 0.15) is 64.6 Å². The third-order valence-corrected chi connectivity index (χ3v) is 3.61. The standard InChI is InChI=1S/C14H28N4/c1-4-7-8-12(6-3)14(17-15)13-9-10-16-18(13)11-5-2/h9-10,12,14,17H,4-8,11,15H2,1-3H3. The summed E-state index contributed by atoms with van der Waals surface area (Å²) >= 11 is 0. The van der Waals surface area contributed by atoms with Crippen molar-refractivity contribution in [3.63, 3.8) is 0 Å². The molecule has 4 heteroatoms. The highest BCUT2D eigenvalue weighted by molar-refractivity contribution is 5.08. The van der Waals surface area contributed by atoms with E-state index in [0.29, 0.717) is 5.92 Å². The van der Waals surface area contributed by atoms with Gasteiger partial charge in [-0.3, -0.25) is 16.0 Å². The minimum Gasteiger partial charge on any atom is -0.271 e. The fourth-order valence-corrected chi connectivity index (χ4v) is 2.54. The van der Waals surface area contributed by atoms with Crippen molar-refractivity contribution in [1.82, 2.24) is 15.2 Å². The fraction of sp³-hybridized carbons (Fsp3) is 0.786. The van der Waals surface area contributed by atoms with Gasteiger partial charge in [-0.2, -0.15) is 5.10 Å². The van der Waals surface area contributed by atoms with E-state index >= 15 is 0 Å². The molecule has 3 N–H and O–H groups in total. The number of hydrazine groups is 1. The van der Waals surface area contributed by atoms with Gasteiger partial charge in [0.25, 0.3) is 0 Å². The van der Waals surface area contributed by atoms with Crippen molar-refractivity contribution in [2.75, 3.05) is 0 Å². The third-order valence-electron chi connectivity index (χ3n) is 3.61. The second-order valence-electron chi connectivity index (χ2n) is 4.93. The molecule has 0 amide bonds. The van der Waals surface area contributed by atoms with Crippen LogP contribution in [0.25, 0.3) is 0 Å². The van der Waals surface area contributed by atoms with E-state index < -0.39 is 0 Å². The number of rotatable bonds is 9. The second kappa shape index (κ2) is 8.27. The summed E-state index contributed by atoms with van der Waals surface area (Å²) in [5, 5.41) is 4.39. The summed E-state index contributed by atoms with van der Waals surface area (Å²) in [6, 6.07) is 2.31. The maximum absolute atomic E-state index is 5.79. The molecular weight excluding hydrogens is 224 g/mol. The van der Waals surface area contributed by atoms with Crippen LogP contribution in [0.3, 0.4) is 0 Å². The Balaban J connectivity index is 2.81. The van der Waals surface area contributed by atoms with Crippen LogP contribution in [0.5, 0.6) is 0 Å². The van der Waals surface area contributed by atoms with E-state index in [1.54, 1.807) is 0 Å². The van der Waals surface area contributed by atoms with Crippen molar-refractivity contribution in [2.24, 2.45) is 11.8 Å². The van der Waals surface area contributed by atoms with Gasteiger partial charge < -0.3 is 0 Å². The lowest BCUT2D eigenvalue weighted by molar-refractivity contribution is 0.309. The van der Waals surface area contributed by atoms with Gasteiger partial charge in [-0.05, 0) is 24.8 Å². The summed E-state index contributed by atoms with van der Waals surface area (Å²) in [6.45, 7) is 7.61. The number of nitrogens with one attached hydrogen (secondary N) is 1. The first-order valence-electron chi connectivity index (χ1n) is 7.26. The Morgan fingerprint density at radius 3 is 2.67 bits per heavy atom. The van der Waals surface area contributed by atoms with Crippen molar-refractivity contribution in [1.29, 1.82) is 0 Å². The van der Waals surface area contributed by atoms with Crippen LogP contribution in [0, 0.1) is 5.92 Å². The molecule has 0 bridgehead atoms. The highest BCUT2D eigenvalue weighted by Crippen LogP contribution is 2.28. The summed E-state index contributed by atoms with van der Waals surface area (Å²) in [6.07, 6.45) is 7.84. The number of hydrogen-bond donors (Lipinski definition) is 2. The Bertz CT molecular complexity index is 321. The topological polar surface area (TPSA) is 55.9 Å². The van der Waals surface area contributed by atoms with E-state index in [9.17, 15) is 0 Å². The van der Waals surface area contributed by atoms with Crippen molar-refractivity contribution < 1.29 is 0 Å². The lowest BCUT2D eigenvalue weighted by atomic mass is 9.89. The van der Waals surface area contributed by atoms with E-state index in [4.69, 9.17) is 5.84 Å². The Kier molecular flexibility index (Phi) is 6.98. The minimum absolute atomic E-state index is 0.218. The molecular formula is C14H28N4. The number of nitrogens with two attached hydrogens (primary N) is 1. The normalized spacial score (nSPS) is 14.7. The zero-order valence-corrected chi connectivity index (χ0v) is 12.0. The van der Waals surface area contributed by atoms with Crippen molar-refractivity contribution >= 4 is 0 Å². The van der Waals surface area contributed by atoms with Crippen LogP contribution < -0.4 is 11.3 Å². The lowest BCUT2D eigenvalue weighted by Crippen LogP contribution is -2.35. The average Bonchev–Trinajstić information content (AvgIpc) is 2.83. The van der Waals surface area contributed by atoms with E-state index in [0.717, 1.165) is 19.4 Å². The number of aryl methyl sites for hydroxylation is 1. The number of nitrogens with zero attached hydrogens (tertiary/aromatic N) is 2. The molecule has 2 atom stereocenters. The van der Waals surface area contributed by atoms with Gasteiger partial charge in [0.2, 0.25) is 0 Å². The maximum atomic E-state index is 5.79. The van der Waals surface area contributed by atoms with Crippen LogP contribution in [0.2, 0.25) is 0 Å². The van der Waals surface area contributed by atoms with Crippen LogP contribution in [-0.2, 0) is 6.54 Å². The minimum atomic E-state index is 0.218. The largest absolute Gasteiger partial charge is 0.271 e. The van der Waals surface area contributed by atoms with Gasteiger partial charge in [-0.1, -0.05) is 40.0 Å². The molecule has 0 saturated carbocycles. The van der Waals surface area contributed by atoms with Gasteiger partial charge in [0.15, 0.2) is 0 Å². The third kappa shape index (κ3) is 3.82. The highest BCUT2D eigenvalue weighted by atomic mass is 15.3. The second-order valence-corrected chi connectivity index (χ2v) is 4.93. The quantitative estimate of drug-likeness (QED) is 0.524. The maximum Gasteiger partial charge on any atom is 0.0657 e. The molecule has 1 heterocycles. The summed E-state index contributed by atoms with van der Waals surface area (Å²) in [5.41, 5.74) is 4.23. The molecule has 0 aliphatic carbocycles.